The molecule has 0 saturated heterocycles. The number of benzene rings is 3. The Hall–Kier alpha value is -3.37. The molecule has 4 rings (SSSR count). The number of nitrogens with zero attached hydrogens (tertiary/aromatic N) is 2. The summed E-state index contributed by atoms with van der Waals surface area (Å²) in [5.41, 5.74) is 2.37. The number of halogens is 2. The Morgan fingerprint density at radius 3 is 2.59 bits per heavy atom. The van der Waals surface area contributed by atoms with E-state index in [9.17, 15) is 10.1 Å². The number of nitriles is 1. The van der Waals surface area contributed by atoms with Gasteiger partial charge < -0.3 is 4.74 Å². The smallest absolute Gasteiger partial charge is 0.268 e. The third-order valence-corrected chi connectivity index (χ3v) is 6.15. The van der Waals surface area contributed by atoms with Crippen molar-refractivity contribution in [3.8, 4) is 11.8 Å². The molecule has 3 aromatic carbocycles. The van der Waals surface area contributed by atoms with Crippen molar-refractivity contribution in [2.75, 3.05) is 5.32 Å². The number of ether oxygens (including phenoxy) is 1. The standard InChI is InChI=1S/C24H15Cl2N3O2S/c25-19-10-7-16(12-20(19)26)14-31-18-8-5-15(6-9-18)11-17(13-27)23(30)29-24-28-21-3-1-2-4-22(21)32-24/h1-12H,14H2,(H,28,29,30)/b17-11+. The molecule has 0 spiro atoms. The molecule has 158 valence electrons. The van der Waals surface area contributed by atoms with E-state index in [0.29, 0.717) is 33.1 Å². The fourth-order valence-corrected chi connectivity index (χ4v) is 4.04. The molecule has 0 aliphatic heterocycles. The number of aromatic nitrogens is 1. The minimum Gasteiger partial charge on any atom is -0.489 e. The van der Waals surface area contributed by atoms with Crippen LogP contribution in [0.3, 0.4) is 0 Å². The van der Waals surface area contributed by atoms with Crippen molar-refractivity contribution in [1.29, 1.82) is 5.26 Å². The molecule has 5 nitrogen and oxygen atoms in total. The molecule has 1 aromatic heterocycles. The number of thiazole rings is 1. The van der Waals surface area contributed by atoms with Crippen molar-refractivity contribution < 1.29 is 9.53 Å². The van der Waals surface area contributed by atoms with Gasteiger partial charge in [0.15, 0.2) is 5.13 Å². The molecule has 0 atom stereocenters. The van der Waals surface area contributed by atoms with Gasteiger partial charge in [0.2, 0.25) is 0 Å². The highest BCUT2D eigenvalue weighted by molar-refractivity contribution is 7.22. The van der Waals surface area contributed by atoms with Gasteiger partial charge in [-0.1, -0.05) is 64.9 Å². The van der Waals surface area contributed by atoms with Crippen LogP contribution in [-0.2, 0) is 11.4 Å². The molecular weight excluding hydrogens is 465 g/mol. The molecule has 4 aromatic rings. The lowest BCUT2D eigenvalue weighted by atomic mass is 10.1. The highest BCUT2D eigenvalue weighted by Crippen LogP contribution is 2.26. The predicted molar refractivity (Wildman–Crippen MR) is 129 cm³/mol. The minimum absolute atomic E-state index is 0.0197. The summed E-state index contributed by atoms with van der Waals surface area (Å²) >= 11 is 13.3. The van der Waals surface area contributed by atoms with Crippen LogP contribution < -0.4 is 10.1 Å². The van der Waals surface area contributed by atoms with Gasteiger partial charge in [-0.2, -0.15) is 5.26 Å². The number of rotatable bonds is 6. The summed E-state index contributed by atoms with van der Waals surface area (Å²) in [6.45, 7) is 0.333. The molecule has 8 heteroatoms. The van der Waals surface area contributed by atoms with Crippen LogP contribution in [0.2, 0.25) is 10.0 Å². The molecule has 0 fully saturated rings. The molecule has 0 saturated carbocycles. The second-order valence-corrected chi connectivity index (χ2v) is 8.56. The predicted octanol–water partition coefficient (Wildman–Crippen LogP) is 6.73. The summed E-state index contributed by atoms with van der Waals surface area (Å²) in [7, 11) is 0. The van der Waals surface area contributed by atoms with Crippen LogP contribution in [0.15, 0.2) is 72.3 Å². The first-order valence-corrected chi connectivity index (χ1v) is 11.0. The van der Waals surface area contributed by atoms with E-state index < -0.39 is 5.91 Å². The van der Waals surface area contributed by atoms with Crippen molar-refractivity contribution in [3.63, 3.8) is 0 Å². The van der Waals surface area contributed by atoms with Crippen LogP contribution in [-0.4, -0.2) is 10.9 Å². The SMILES string of the molecule is N#C/C(=C\c1ccc(OCc2ccc(Cl)c(Cl)c2)cc1)C(=O)Nc1nc2ccccc2s1. The number of carbonyl (C=O) groups excluding carboxylic acids is 1. The van der Waals surface area contributed by atoms with Crippen molar-refractivity contribution in [2.24, 2.45) is 0 Å². The molecule has 32 heavy (non-hydrogen) atoms. The molecule has 0 bridgehead atoms. The van der Waals surface area contributed by atoms with Crippen molar-refractivity contribution in [2.45, 2.75) is 6.61 Å². The van der Waals surface area contributed by atoms with Gasteiger partial charge in [-0.15, -0.1) is 0 Å². The van der Waals surface area contributed by atoms with E-state index in [1.54, 1.807) is 36.4 Å². The van der Waals surface area contributed by atoms with Crippen LogP contribution >= 0.6 is 34.5 Å². The van der Waals surface area contributed by atoms with E-state index in [1.807, 2.05) is 36.4 Å². The summed E-state index contributed by atoms with van der Waals surface area (Å²) in [5.74, 6) is 0.136. The topological polar surface area (TPSA) is 75.0 Å². The number of hydrogen-bond acceptors (Lipinski definition) is 5. The summed E-state index contributed by atoms with van der Waals surface area (Å²) < 4.78 is 6.71. The second-order valence-electron chi connectivity index (χ2n) is 6.72. The Morgan fingerprint density at radius 1 is 1.09 bits per heavy atom. The molecule has 1 heterocycles. The number of para-hydroxylation sites is 1. The minimum atomic E-state index is -0.508. The molecule has 0 aliphatic carbocycles. The highest BCUT2D eigenvalue weighted by atomic mass is 35.5. The maximum atomic E-state index is 12.5. The number of carbonyl (C=O) groups is 1. The van der Waals surface area contributed by atoms with Gasteiger partial charge in [0.05, 0.1) is 20.3 Å². The Labute approximate surface area is 198 Å². The van der Waals surface area contributed by atoms with Crippen LogP contribution in [0.25, 0.3) is 16.3 Å². The van der Waals surface area contributed by atoms with Crippen LogP contribution in [0.1, 0.15) is 11.1 Å². The molecule has 1 amide bonds. The Morgan fingerprint density at radius 2 is 1.88 bits per heavy atom. The number of nitrogens with one attached hydrogen (secondary N) is 1. The quantitative estimate of drug-likeness (QED) is 0.245. The Bertz CT molecular complexity index is 1320. The first-order chi connectivity index (χ1) is 15.5. The van der Waals surface area contributed by atoms with E-state index in [2.05, 4.69) is 10.3 Å². The zero-order valence-corrected chi connectivity index (χ0v) is 18.8. The maximum absolute atomic E-state index is 12.5. The number of hydrogen-bond donors (Lipinski definition) is 1. The lowest BCUT2D eigenvalue weighted by Crippen LogP contribution is -2.13. The zero-order valence-electron chi connectivity index (χ0n) is 16.5. The molecule has 0 radical (unpaired) electrons. The Balaban J connectivity index is 1.41. The maximum Gasteiger partial charge on any atom is 0.268 e. The average molecular weight is 480 g/mol. The van der Waals surface area contributed by atoms with Crippen molar-refractivity contribution in [1.82, 2.24) is 4.98 Å². The molecule has 0 aliphatic rings. The highest BCUT2D eigenvalue weighted by Gasteiger charge is 2.12. The first kappa shape index (κ1) is 21.8. The lowest BCUT2D eigenvalue weighted by Gasteiger charge is -2.07. The van der Waals surface area contributed by atoms with Gasteiger partial charge in [0.1, 0.15) is 24.0 Å². The zero-order chi connectivity index (χ0) is 22.5. The summed E-state index contributed by atoms with van der Waals surface area (Å²) in [4.78, 5) is 16.9. The fraction of sp³-hybridized carbons (Fsp3) is 0.0417. The Kier molecular flexibility index (Phi) is 6.72. The fourth-order valence-electron chi connectivity index (χ4n) is 2.86. The lowest BCUT2D eigenvalue weighted by molar-refractivity contribution is -0.112. The molecule has 0 unspecified atom stereocenters. The van der Waals surface area contributed by atoms with Gasteiger partial charge in [0, 0.05) is 0 Å². The molecular formula is C24H15Cl2N3O2S. The van der Waals surface area contributed by atoms with E-state index in [4.69, 9.17) is 27.9 Å². The van der Waals surface area contributed by atoms with Crippen LogP contribution in [0, 0.1) is 11.3 Å². The number of anilines is 1. The van der Waals surface area contributed by atoms with Crippen LogP contribution in [0.4, 0.5) is 5.13 Å². The van der Waals surface area contributed by atoms with E-state index in [1.165, 1.54) is 17.4 Å². The van der Waals surface area contributed by atoms with Crippen LogP contribution in [0.5, 0.6) is 5.75 Å². The first-order valence-electron chi connectivity index (χ1n) is 9.47. The third-order valence-electron chi connectivity index (χ3n) is 4.46. The third kappa shape index (κ3) is 5.27. The van der Waals surface area contributed by atoms with Gasteiger partial charge in [-0.25, -0.2) is 4.98 Å². The molecule has 1 N–H and O–H groups in total. The largest absolute Gasteiger partial charge is 0.489 e. The monoisotopic (exact) mass is 479 g/mol. The van der Waals surface area contributed by atoms with Gasteiger partial charge in [-0.3, -0.25) is 10.1 Å². The van der Waals surface area contributed by atoms with Gasteiger partial charge >= 0.3 is 0 Å². The second kappa shape index (κ2) is 9.84. The van der Waals surface area contributed by atoms with E-state index in [-0.39, 0.29) is 5.57 Å². The summed E-state index contributed by atoms with van der Waals surface area (Å²) in [5, 5.41) is 13.5. The van der Waals surface area contributed by atoms with E-state index in [0.717, 1.165) is 15.8 Å². The van der Waals surface area contributed by atoms with Gasteiger partial charge in [0.25, 0.3) is 5.91 Å². The summed E-state index contributed by atoms with van der Waals surface area (Å²) in [6, 6.07) is 21.9. The normalized spacial score (nSPS) is 11.2. The number of fused-ring (bicyclic) bond motifs is 1. The van der Waals surface area contributed by atoms with E-state index >= 15 is 0 Å². The number of amides is 1. The summed E-state index contributed by atoms with van der Waals surface area (Å²) in [6.07, 6.45) is 1.52. The van der Waals surface area contributed by atoms with Crippen molar-refractivity contribution in [3.05, 3.63) is 93.5 Å². The average Bonchev–Trinajstić information content (AvgIpc) is 3.21. The van der Waals surface area contributed by atoms with Gasteiger partial charge in [-0.05, 0) is 53.6 Å². The van der Waals surface area contributed by atoms with Crippen molar-refractivity contribution >= 4 is 61.9 Å².